The molecule has 122 valence electrons. The summed E-state index contributed by atoms with van der Waals surface area (Å²) in [6.45, 7) is 0. The molecule has 2 aromatic carbocycles. The molecule has 0 spiro atoms. The largest absolute Gasteiger partial charge is 0.284 e. The van der Waals surface area contributed by atoms with E-state index in [1.165, 1.54) is 17.0 Å². The van der Waals surface area contributed by atoms with E-state index >= 15 is 0 Å². The highest BCUT2D eigenvalue weighted by Crippen LogP contribution is 2.31. The average molecular weight is 332 g/mol. The normalized spacial score (nSPS) is 10.8. The third kappa shape index (κ3) is 2.74. The molecule has 0 unspecified atom stereocenters. The fourth-order valence-corrected chi connectivity index (χ4v) is 2.76. The van der Waals surface area contributed by atoms with Crippen molar-refractivity contribution in [3.8, 4) is 11.3 Å². The summed E-state index contributed by atoms with van der Waals surface area (Å²) in [4.78, 5) is 17.1. The lowest BCUT2D eigenvalue weighted by Crippen LogP contribution is -2.13. The minimum absolute atomic E-state index is 0.297. The molecule has 0 aliphatic rings. The van der Waals surface area contributed by atoms with Gasteiger partial charge in [0.05, 0.1) is 16.9 Å². The number of carbonyl (C=O) groups is 1. The number of carbonyl (C=O) groups excluding carboxylic acids is 1. The number of amides is 1. The molecule has 0 bridgehead atoms. The Kier molecular flexibility index (Phi) is 3.70. The van der Waals surface area contributed by atoms with E-state index < -0.39 is 0 Å². The number of pyridine rings is 1. The summed E-state index contributed by atoms with van der Waals surface area (Å²) in [5.74, 6) is -0.297. The van der Waals surface area contributed by atoms with E-state index in [0.717, 1.165) is 28.6 Å². The van der Waals surface area contributed by atoms with Crippen LogP contribution in [-0.4, -0.2) is 21.6 Å². The predicted octanol–water partition coefficient (Wildman–Crippen LogP) is 4.06. The van der Waals surface area contributed by atoms with Gasteiger partial charge >= 0.3 is 0 Å². The number of hydrogen-bond donors (Lipinski definition) is 1. The minimum atomic E-state index is -0.297. The van der Waals surface area contributed by atoms with Crippen molar-refractivity contribution in [2.75, 3.05) is 4.90 Å². The molecular weight excluding hydrogens is 319 g/mol. The number of H-pyrrole nitrogens is 1. The lowest BCUT2D eigenvalue weighted by Gasteiger charge is -2.17. The summed E-state index contributed by atoms with van der Waals surface area (Å²) in [5, 5.41) is 8.15. The smallest absolute Gasteiger partial charge is 0.218 e. The molecule has 1 amide bonds. The molecule has 0 atom stereocenters. The van der Waals surface area contributed by atoms with Crippen molar-refractivity contribution < 1.29 is 9.18 Å². The van der Waals surface area contributed by atoms with Crippen LogP contribution in [0.15, 0.2) is 67.0 Å². The highest BCUT2D eigenvalue weighted by molar-refractivity contribution is 5.97. The molecule has 0 saturated heterocycles. The van der Waals surface area contributed by atoms with Crippen molar-refractivity contribution in [1.29, 1.82) is 0 Å². The van der Waals surface area contributed by atoms with Crippen LogP contribution in [0.3, 0.4) is 0 Å². The van der Waals surface area contributed by atoms with Gasteiger partial charge in [-0.15, -0.1) is 0 Å². The molecule has 0 aliphatic heterocycles. The number of fused-ring (bicyclic) bond motifs is 1. The maximum absolute atomic E-state index is 13.2. The minimum Gasteiger partial charge on any atom is -0.284 e. The molecule has 0 saturated carbocycles. The van der Waals surface area contributed by atoms with Gasteiger partial charge in [0.25, 0.3) is 0 Å². The molecule has 1 N–H and O–H groups in total. The first-order chi connectivity index (χ1) is 12.3. The Balaban J connectivity index is 1.83. The van der Waals surface area contributed by atoms with Gasteiger partial charge in [-0.25, -0.2) is 4.39 Å². The Bertz CT molecular complexity index is 1030. The number of hydrogen-bond acceptors (Lipinski definition) is 3. The van der Waals surface area contributed by atoms with Gasteiger partial charge in [-0.3, -0.25) is 19.8 Å². The molecular formula is C19H13FN4O. The van der Waals surface area contributed by atoms with Gasteiger partial charge in [0, 0.05) is 29.0 Å². The number of benzene rings is 2. The lowest BCUT2D eigenvalue weighted by atomic mass is 10.1. The van der Waals surface area contributed by atoms with Crippen LogP contribution in [0.4, 0.5) is 15.8 Å². The van der Waals surface area contributed by atoms with Crippen LogP contribution in [0, 0.1) is 5.82 Å². The van der Waals surface area contributed by atoms with Crippen LogP contribution in [0.25, 0.3) is 22.2 Å². The second kappa shape index (κ2) is 6.16. The number of halogens is 1. The van der Waals surface area contributed by atoms with Crippen molar-refractivity contribution in [3.05, 3.63) is 72.8 Å². The maximum Gasteiger partial charge on any atom is 0.218 e. The van der Waals surface area contributed by atoms with Gasteiger partial charge in [-0.2, -0.15) is 5.10 Å². The molecule has 25 heavy (non-hydrogen) atoms. The van der Waals surface area contributed by atoms with Crippen LogP contribution in [0.2, 0.25) is 0 Å². The third-order valence-electron chi connectivity index (χ3n) is 3.99. The number of rotatable bonds is 4. The van der Waals surface area contributed by atoms with E-state index in [2.05, 4.69) is 15.2 Å². The van der Waals surface area contributed by atoms with Gasteiger partial charge in [0.15, 0.2) is 0 Å². The average Bonchev–Trinajstić information content (AvgIpc) is 3.07. The summed E-state index contributed by atoms with van der Waals surface area (Å²) in [6.07, 6.45) is 4.02. The highest BCUT2D eigenvalue weighted by Gasteiger charge is 2.13. The van der Waals surface area contributed by atoms with E-state index in [-0.39, 0.29) is 5.82 Å². The molecule has 0 fully saturated rings. The number of nitrogens with zero attached hydrogens (tertiary/aromatic N) is 3. The number of nitrogens with one attached hydrogen (secondary N) is 1. The van der Waals surface area contributed by atoms with Crippen LogP contribution in [-0.2, 0) is 4.79 Å². The zero-order valence-corrected chi connectivity index (χ0v) is 13.1. The van der Waals surface area contributed by atoms with E-state index in [4.69, 9.17) is 0 Å². The second-order valence-electron chi connectivity index (χ2n) is 5.49. The number of aromatic nitrogens is 3. The Morgan fingerprint density at radius 2 is 1.72 bits per heavy atom. The lowest BCUT2D eigenvalue weighted by molar-refractivity contribution is -0.106. The predicted molar refractivity (Wildman–Crippen MR) is 93.9 cm³/mol. The summed E-state index contributed by atoms with van der Waals surface area (Å²) >= 11 is 0. The van der Waals surface area contributed by atoms with Gasteiger partial charge in [-0.05, 0) is 54.6 Å². The van der Waals surface area contributed by atoms with Crippen molar-refractivity contribution in [2.24, 2.45) is 0 Å². The summed E-state index contributed by atoms with van der Waals surface area (Å²) in [7, 11) is 0. The van der Waals surface area contributed by atoms with E-state index in [9.17, 15) is 9.18 Å². The first-order valence-corrected chi connectivity index (χ1v) is 7.65. The summed E-state index contributed by atoms with van der Waals surface area (Å²) in [5.41, 5.74) is 3.77. The van der Waals surface area contributed by atoms with Gasteiger partial charge in [0.2, 0.25) is 6.41 Å². The first kappa shape index (κ1) is 15.0. The third-order valence-corrected chi connectivity index (χ3v) is 3.99. The molecule has 4 aromatic rings. The van der Waals surface area contributed by atoms with Crippen LogP contribution >= 0.6 is 0 Å². The zero-order chi connectivity index (χ0) is 17.2. The van der Waals surface area contributed by atoms with Crippen LogP contribution < -0.4 is 4.90 Å². The fraction of sp³-hybridized carbons (Fsp3) is 0. The molecule has 5 nitrogen and oxygen atoms in total. The molecule has 4 rings (SSSR count). The van der Waals surface area contributed by atoms with E-state index in [1.54, 1.807) is 36.7 Å². The summed E-state index contributed by atoms with van der Waals surface area (Å²) in [6, 6.07) is 15.3. The number of anilines is 2. The van der Waals surface area contributed by atoms with Crippen molar-refractivity contribution in [2.45, 2.75) is 0 Å². The Morgan fingerprint density at radius 3 is 2.44 bits per heavy atom. The van der Waals surface area contributed by atoms with Gasteiger partial charge < -0.3 is 0 Å². The quantitative estimate of drug-likeness (QED) is 0.573. The Morgan fingerprint density at radius 1 is 0.960 bits per heavy atom. The fourth-order valence-electron chi connectivity index (χ4n) is 2.76. The SMILES string of the molecule is O=CN(c1ccncc1)c1ccc2[nH]nc(-c3ccc(F)cc3)c2c1. The van der Waals surface area contributed by atoms with Gasteiger partial charge in [0.1, 0.15) is 5.82 Å². The van der Waals surface area contributed by atoms with Gasteiger partial charge in [-0.1, -0.05) is 0 Å². The monoisotopic (exact) mass is 332 g/mol. The summed E-state index contributed by atoms with van der Waals surface area (Å²) < 4.78 is 13.2. The highest BCUT2D eigenvalue weighted by atomic mass is 19.1. The molecule has 0 radical (unpaired) electrons. The number of aromatic amines is 1. The first-order valence-electron chi connectivity index (χ1n) is 7.65. The molecule has 0 aliphatic carbocycles. The standard InChI is InChI=1S/C19H13FN4O/c20-14-3-1-13(2-4-14)19-17-11-16(5-6-18(17)22-23-19)24(12-25)15-7-9-21-10-8-15/h1-12H,(H,22,23). The Hall–Kier alpha value is -3.54. The molecule has 6 heteroatoms. The van der Waals surface area contributed by atoms with E-state index in [0.29, 0.717) is 11.4 Å². The van der Waals surface area contributed by atoms with E-state index in [1.807, 2.05) is 18.2 Å². The van der Waals surface area contributed by atoms with Crippen molar-refractivity contribution in [3.63, 3.8) is 0 Å². The van der Waals surface area contributed by atoms with Crippen LogP contribution in [0.5, 0.6) is 0 Å². The second-order valence-corrected chi connectivity index (χ2v) is 5.49. The zero-order valence-electron chi connectivity index (χ0n) is 13.1. The molecule has 2 aromatic heterocycles. The van der Waals surface area contributed by atoms with Crippen molar-refractivity contribution in [1.82, 2.24) is 15.2 Å². The molecule has 2 heterocycles. The topological polar surface area (TPSA) is 61.9 Å². The maximum atomic E-state index is 13.2. The van der Waals surface area contributed by atoms with Crippen molar-refractivity contribution >= 4 is 28.7 Å². The van der Waals surface area contributed by atoms with Crippen LogP contribution in [0.1, 0.15) is 0 Å². The Labute approximate surface area is 142 Å².